The lowest BCUT2D eigenvalue weighted by Gasteiger charge is -2.23. The van der Waals surface area contributed by atoms with Crippen molar-refractivity contribution in [3.63, 3.8) is 0 Å². The molecule has 2 amide bonds. The van der Waals surface area contributed by atoms with E-state index in [1.807, 2.05) is 78.4 Å². The molecule has 8 heteroatoms. The number of halogens is 1. The first-order valence-electron chi connectivity index (χ1n) is 13.5. The predicted molar refractivity (Wildman–Crippen MR) is 166 cm³/mol. The number of carbonyl (C=O) groups excluding carboxylic acids is 2. The molecule has 0 saturated heterocycles. The van der Waals surface area contributed by atoms with E-state index in [2.05, 4.69) is 12.2 Å². The number of imidazole rings is 1. The van der Waals surface area contributed by atoms with Gasteiger partial charge in [0.15, 0.2) is 0 Å². The average Bonchev–Trinajstić information content (AvgIpc) is 3.42. The highest BCUT2D eigenvalue weighted by Crippen LogP contribution is 2.27. The summed E-state index contributed by atoms with van der Waals surface area (Å²) in [4.78, 5) is 33.5. The Hall–Kier alpha value is -4.88. The van der Waals surface area contributed by atoms with Crippen LogP contribution in [0.2, 0.25) is 5.02 Å². The number of hydrogen-bond acceptors (Lipinski definition) is 4. The number of ether oxygens (including phenoxy) is 1. The van der Waals surface area contributed by atoms with Gasteiger partial charge in [-0.2, -0.15) is 0 Å². The highest BCUT2D eigenvalue weighted by atomic mass is 35.5. The predicted octanol–water partition coefficient (Wildman–Crippen LogP) is 7.10. The third-order valence-corrected chi connectivity index (χ3v) is 7.27. The monoisotopic (exact) mass is 578 g/mol. The van der Waals surface area contributed by atoms with Crippen molar-refractivity contribution in [1.29, 1.82) is 0 Å². The molecule has 0 aliphatic rings. The molecule has 5 aromatic rings. The molecule has 0 unspecified atom stereocenters. The van der Waals surface area contributed by atoms with Crippen molar-refractivity contribution in [3.8, 4) is 22.7 Å². The van der Waals surface area contributed by atoms with Gasteiger partial charge in [0.25, 0.3) is 5.91 Å². The van der Waals surface area contributed by atoms with E-state index in [4.69, 9.17) is 21.3 Å². The van der Waals surface area contributed by atoms with Crippen LogP contribution in [-0.2, 0) is 11.3 Å². The van der Waals surface area contributed by atoms with E-state index in [-0.39, 0.29) is 24.9 Å². The number of hydrogen-bond donors (Lipinski definition) is 1. The van der Waals surface area contributed by atoms with E-state index in [0.29, 0.717) is 28.0 Å². The summed E-state index contributed by atoms with van der Waals surface area (Å²) in [5.74, 6) is 0.254. The molecule has 0 aliphatic heterocycles. The Morgan fingerprint density at radius 2 is 1.67 bits per heavy atom. The van der Waals surface area contributed by atoms with E-state index >= 15 is 0 Å². The van der Waals surface area contributed by atoms with Crippen LogP contribution in [0.25, 0.3) is 16.9 Å². The molecule has 4 aromatic carbocycles. The number of aryl methyl sites for hydroxylation is 2. The number of amides is 2. The van der Waals surface area contributed by atoms with Gasteiger partial charge in [-0.3, -0.25) is 19.5 Å². The van der Waals surface area contributed by atoms with Crippen molar-refractivity contribution in [3.05, 3.63) is 131 Å². The fraction of sp³-hybridized carbons (Fsp3) is 0.147. The van der Waals surface area contributed by atoms with Crippen molar-refractivity contribution < 1.29 is 14.3 Å². The standard InChI is InChI=1S/C34H31ClN4O3/c1-23-12-17-29(18-24(23)2)39-21-31(26-13-15-28(35)16-14-26)36-34(39)37-32(40)22-38(20-25-8-5-4-6-9-25)33(41)27-10-7-11-30(19-27)42-3/h4-19,21H,20,22H2,1-3H3,(H,36,37,40). The SMILES string of the molecule is COc1cccc(C(=O)N(CC(=O)Nc2nc(-c3ccc(Cl)cc3)cn2-c2ccc(C)c(C)c2)Cc2ccccc2)c1. The topological polar surface area (TPSA) is 76.5 Å². The molecule has 7 nitrogen and oxygen atoms in total. The van der Waals surface area contributed by atoms with Gasteiger partial charge in [-0.15, -0.1) is 0 Å². The molecule has 0 aliphatic carbocycles. The van der Waals surface area contributed by atoms with Gasteiger partial charge in [0.2, 0.25) is 11.9 Å². The second-order valence-electron chi connectivity index (χ2n) is 10.0. The molecule has 1 N–H and O–H groups in total. The van der Waals surface area contributed by atoms with Crippen LogP contribution in [0.4, 0.5) is 5.95 Å². The van der Waals surface area contributed by atoms with Crippen LogP contribution in [0.5, 0.6) is 5.75 Å². The van der Waals surface area contributed by atoms with Gasteiger partial charge in [-0.1, -0.05) is 66.2 Å². The minimum Gasteiger partial charge on any atom is -0.497 e. The van der Waals surface area contributed by atoms with Crippen molar-refractivity contribution in [2.75, 3.05) is 19.0 Å². The smallest absolute Gasteiger partial charge is 0.254 e. The molecule has 212 valence electrons. The third-order valence-electron chi connectivity index (χ3n) is 7.02. The van der Waals surface area contributed by atoms with Gasteiger partial charge in [-0.05, 0) is 73.0 Å². The van der Waals surface area contributed by atoms with Crippen molar-refractivity contribution in [2.24, 2.45) is 0 Å². The zero-order valence-electron chi connectivity index (χ0n) is 23.7. The molecule has 0 saturated carbocycles. The molecular weight excluding hydrogens is 548 g/mol. The largest absolute Gasteiger partial charge is 0.497 e. The molecular formula is C34H31ClN4O3. The maximum absolute atomic E-state index is 13.6. The lowest BCUT2D eigenvalue weighted by atomic mass is 10.1. The average molecular weight is 579 g/mol. The lowest BCUT2D eigenvalue weighted by molar-refractivity contribution is -0.117. The fourth-order valence-electron chi connectivity index (χ4n) is 4.58. The number of benzene rings is 4. The zero-order chi connectivity index (χ0) is 29.6. The van der Waals surface area contributed by atoms with E-state index in [9.17, 15) is 9.59 Å². The molecule has 0 radical (unpaired) electrons. The number of rotatable bonds is 9. The van der Waals surface area contributed by atoms with E-state index in [1.54, 1.807) is 43.5 Å². The highest BCUT2D eigenvalue weighted by molar-refractivity contribution is 6.30. The van der Waals surface area contributed by atoms with Crippen LogP contribution < -0.4 is 10.1 Å². The molecule has 0 fully saturated rings. The van der Waals surface area contributed by atoms with Gasteiger partial charge in [0.05, 0.1) is 12.8 Å². The first-order valence-corrected chi connectivity index (χ1v) is 13.9. The number of nitrogens with zero attached hydrogens (tertiary/aromatic N) is 3. The Morgan fingerprint density at radius 1 is 0.905 bits per heavy atom. The van der Waals surface area contributed by atoms with Crippen LogP contribution in [0.15, 0.2) is 103 Å². The summed E-state index contributed by atoms with van der Waals surface area (Å²) in [6.45, 7) is 4.17. The highest BCUT2D eigenvalue weighted by Gasteiger charge is 2.22. The Morgan fingerprint density at radius 3 is 2.38 bits per heavy atom. The molecule has 5 rings (SSSR count). The van der Waals surface area contributed by atoms with E-state index < -0.39 is 0 Å². The fourth-order valence-corrected chi connectivity index (χ4v) is 4.71. The summed E-state index contributed by atoms with van der Waals surface area (Å²) >= 11 is 6.10. The Kier molecular flexibility index (Phi) is 8.69. The van der Waals surface area contributed by atoms with Crippen LogP contribution in [0.3, 0.4) is 0 Å². The number of nitrogens with one attached hydrogen (secondary N) is 1. The van der Waals surface area contributed by atoms with Gasteiger partial charge >= 0.3 is 0 Å². The maximum atomic E-state index is 13.6. The van der Waals surface area contributed by atoms with E-state index in [0.717, 1.165) is 27.9 Å². The Balaban J connectivity index is 1.46. The van der Waals surface area contributed by atoms with Gasteiger partial charge in [0.1, 0.15) is 12.3 Å². The molecule has 1 heterocycles. The Labute approximate surface area is 250 Å². The van der Waals surface area contributed by atoms with Gasteiger partial charge < -0.3 is 9.64 Å². The van der Waals surface area contributed by atoms with Crippen molar-refractivity contribution in [1.82, 2.24) is 14.5 Å². The number of anilines is 1. The number of aromatic nitrogens is 2. The summed E-state index contributed by atoms with van der Waals surface area (Å²) in [7, 11) is 1.55. The zero-order valence-corrected chi connectivity index (χ0v) is 24.4. The van der Waals surface area contributed by atoms with Gasteiger partial charge in [-0.25, -0.2) is 4.98 Å². The van der Waals surface area contributed by atoms with Crippen LogP contribution >= 0.6 is 11.6 Å². The molecule has 1 aromatic heterocycles. The summed E-state index contributed by atoms with van der Waals surface area (Å²) < 4.78 is 7.16. The van der Waals surface area contributed by atoms with Crippen LogP contribution in [0, 0.1) is 13.8 Å². The molecule has 42 heavy (non-hydrogen) atoms. The lowest BCUT2D eigenvalue weighted by Crippen LogP contribution is -2.38. The second-order valence-corrected chi connectivity index (χ2v) is 10.5. The quantitative estimate of drug-likeness (QED) is 0.202. The van der Waals surface area contributed by atoms with Crippen molar-refractivity contribution in [2.45, 2.75) is 20.4 Å². The summed E-state index contributed by atoms with van der Waals surface area (Å²) in [6.07, 6.45) is 1.88. The first-order chi connectivity index (χ1) is 20.3. The molecule has 0 spiro atoms. The minimum atomic E-state index is -0.375. The van der Waals surface area contributed by atoms with Crippen LogP contribution in [-0.4, -0.2) is 39.9 Å². The summed E-state index contributed by atoms with van der Waals surface area (Å²) in [5, 5.41) is 3.58. The van der Waals surface area contributed by atoms with E-state index in [1.165, 1.54) is 4.90 Å². The Bertz CT molecular complexity index is 1720. The number of carbonyl (C=O) groups is 2. The van der Waals surface area contributed by atoms with Gasteiger partial charge in [0, 0.05) is 34.6 Å². The van der Waals surface area contributed by atoms with Crippen LogP contribution in [0.1, 0.15) is 27.0 Å². The summed E-state index contributed by atoms with van der Waals surface area (Å²) in [6, 6.07) is 29.9. The first kappa shape index (κ1) is 28.6. The normalized spacial score (nSPS) is 10.8. The minimum absolute atomic E-state index is 0.180. The maximum Gasteiger partial charge on any atom is 0.254 e. The molecule has 0 atom stereocenters. The summed E-state index contributed by atoms with van der Waals surface area (Å²) in [5.41, 5.74) is 6.00. The molecule has 0 bridgehead atoms. The van der Waals surface area contributed by atoms with Crippen molar-refractivity contribution >= 4 is 29.4 Å². The third kappa shape index (κ3) is 6.70. The number of methoxy groups -OCH3 is 1. The second kappa shape index (κ2) is 12.7.